The molecule has 206 valence electrons. The predicted molar refractivity (Wildman–Crippen MR) is 141 cm³/mol. The van der Waals surface area contributed by atoms with E-state index in [-0.39, 0.29) is 11.6 Å². The summed E-state index contributed by atoms with van der Waals surface area (Å²) >= 11 is 0. The van der Waals surface area contributed by atoms with Crippen molar-refractivity contribution in [2.75, 3.05) is 20.8 Å². The first-order chi connectivity index (χ1) is 18.8. The van der Waals surface area contributed by atoms with Crippen molar-refractivity contribution in [1.29, 1.82) is 0 Å². The van der Waals surface area contributed by atoms with Crippen LogP contribution in [0.2, 0.25) is 0 Å². The number of nitrogens with zero attached hydrogens (tertiary/aromatic N) is 2. The molecule has 1 fully saturated rings. The Labute approximate surface area is 225 Å². The standard InChI is InChI=1S/C28H31FN4O6/c1-38-22-9-6-10-23(39-2)25(22)21-15-20(32-33(21)19-13-11-18(29)12-14-19)27(36)31-26(17-7-4-3-5-8-17)28(37)30-16-24(34)35/h6,9-15,17,26H,3-5,7-8,16H2,1-2H3,(H,30,37)(H,31,36)(H,34,35). The fourth-order valence-electron chi connectivity index (χ4n) is 4.91. The third-order valence-electron chi connectivity index (χ3n) is 6.80. The van der Waals surface area contributed by atoms with Gasteiger partial charge in [0.05, 0.1) is 31.2 Å². The van der Waals surface area contributed by atoms with Crippen LogP contribution in [-0.2, 0) is 9.59 Å². The molecule has 39 heavy (non-hydrogen) atoms. The first kappa shape index (κ1) is 27.6. The fraction of sp³-hybridized carbons (Fsp3) is 0.357. The first-order valence-corrected chi connectivity index (χ1v) is 12.7. The number of carboxylic acids is 1. The molecule has 0 bridgehead atoms. The molecular weight excluding hydrogens is 507 g/mol. The molecule has 1 aromatic heterocycles. The van der Waals surface area contributed by atoms with Crippen LogP contribution >= 0.6 is 0 Å². The average Bonchev–Trinajstić information content (AvgIpc) is 3.40. The Bertz CT molecular complexity index is 1310. The number of aliphatic carboxylic acids is 1. The van der Waals surface area contributed by atoms with E-state index in [0.717, 1.165) is 32.1 Å². The van der Waals surface area contributed by atoms with Crippen LogP contribution in [0.25, 0.3) is 16.9 Å². The molecule has 1 atom stereocenters. The molecular formula is C28H31FN4O6. The summed E-state index contributed by atoms with van der Waals surface area (Å²) in [7, 11) is 3.02. The number of amides is 2. The Kier molecular flexibility index (Phi) is 8.80. The molecule has 10 nitrogen and oxygen atoms in total. The molecule has 2 aromatic carbocycles. The van der Waals surface area contributed by atoms with Gasteiger partial charge in [-0.25, -0.2) is 9.07 Å². The topological polar surface area (TPSA) is 132 Å². The molecule has 3 aromatic rings. The molecule has 1 saturated carbocycles. The van der Waals surface area contributed by atoms with Crippen LogP contribution in [0.5, 0.6) is 11.5 Å². The number of carbonyl (C=O) groups excluding carboxylic acids is 2. The molecule has 1 heterocycles. The summed E-state index contributed by atoms with van der Waals surface area (Å²) in [6, 6.07) is 11.5. The van der Waals surface area contributed by atoms with Crippen LogP contribution in [0.15, 0.2) is 48.5 Å². The zero-order valence-electron chi connectivity index (χ0n) is 21.8. The highest BCUT2D eigenvalue weighted by Gasteiger charge is 2.32. The summed E-state index contributed by atoms with van der Waals surface area (Å²) in [6.07, 6.45) is 4.35. The summed E-state index contributed by atoms with van der Waals surface area (Å²) in [6.45, 7) is -0.547. The zero-order chi connectivity index (χ0) is 27.9. The Hall–Kier alpha value is -4.41. The number of rotatable bonds is 10. The quantitative estimate of drug-likeness (QED) is 0.360. The van der Waals surface area contributed by atoms with Gasteiger partial charge in [0, 0.05) is 0 Å². The average molecular weight is 539 g/mol. The van der Waals surface area contributed by atoms with E-state index in [1.54, 1.807) is 24.3 Å². The highest BCUT2D eigenvalue weighted by Crippen LogP contribution is 2.39. The van der Waals surface area contributed by atoms with Gasteiger partial charge in [0.25, 0.3) is 5.91 Å². The monoisotopic (exact) mass is 538 g/mol. The van der Waals surface area contributed by atoms with Crippen LogP contribution < -0.4 is 20.1 Å². The third kappa shape index (κ3) is 6.36. The summed E-state index contributed by atoms with van der Waals surface area (Å²) in [5, 5.41) is 18.7. The first-order valence-electron chi connectivity index (χ1n) is 12.7. The number of carboxylic acid groups (broad SMARTS) is 1. The van der Waals surface area contributed by atoms with Crippen molar-refractivity contribution in [3.8, 4) is 28.4 Å². The molecule has 2 amide bonds. The van der Waals surface area contributed by atoms with Gasteiger partial charge in [-0.2, -0.15) is 5.10 Å². The highest BCUT2D eigenvalue weighted by molar-refractivity contribution is 5.98. The number of nitrogens with one attached hydrogen (secondary N) is 2. The molecule has 0 radical (unpaired) electrons. The Morgan fingerprint density at radius 2 is 1.69 bits per heavy atom. The van der Waals surface area contributed by atoms with Gasteiger partial charge in [0.15, 0.2) is 5.69 Å². The minimum atomic E-state index is -1.18. The van der Waals surface area contributed by atoms with Crippen LogP contribution in [0.3, 0.4) is 0 Å². The molecule has 4 rings (SSSR count). The molecule has 1 aliphatic carbocycles. The van der Waals surface area contributed by atoms with Crippen molar-refractivity contribution >= 4 is 17.8 Å². The van der Waals surface area contributed by atoms with Gasteiger partial charge in [-0.1, -0.05) is 25.3 Å². The maximum atomic E-state index is 13.7. The largest absolute Gasteiger partial charge is 0.496 e. The number of carbonyl (C=O) groups is 3. The van der Waals surface area contributed by atoms with E-state index >= 15 is 0 Å². The zero-order valence-corrected chi connectivity index (χ0v) is 21.8. The Balaban J connectivity index is 1.74. The molecule has 0 spiro atoms. The molecule has 11 heteroatoms. The molecule has 1 aliphatic rings. The summed E-state index contributed by atoms with van der Waals surface area (Å²) in [5.74, 6) is -1.96. The van der Waals surface area contributed by atoms with Gasteiger partial charge in [0.1, 0.15) is 29.9 Å². The lowest BCUT2D eigenvalue weighted by Gasteiger charge is -2.29. The van der Waals surface area contributed by atoms with E-state index in [1.165, 1.54) is 43.2 Å². The number of halogens is 1. The fourth-order valence-corrected chi connectivity index (χ4v) is 4.91. The second-order valence-electron chi connectivity index (χ2n) is 9.30. The van der Waals surface area contributed by atoms with Crippen molar-refractivity contribution in [3.63, 3.8) is 0 Å². The van der Waals surface area contributed by atoms with Crippen molar-refractivity contribution in [2.24, 2.45) is 5.92 Å². The van der Waals surface area contributed by atoms with Gasteiger partial charge in [0.2, 0.25) is 5.91 Å². The lowest BCUT2D eigenvalue weighted by molar-refractivity contribution is -0.138. The maximum Gasteiger partial charge on any atom is 0.322 e. The molecule has 0 saturated heterocycles. The molecule has 0 aliphatic heterocycles. The summed E-state index contributed by atoms with van der Waals surface area (Å²) in [4.78, 5) is 37.5. The lowest BCUT2D eigenvalue weighted by atomic mass is 9.83. The van der Waals surface area contributed by atoms with Gasteiger partial charge in [-0.3, -0.25) is 14.4 Å². The Morgan fingerprint density at radius 3 is 2.28 bits per heavy atom. The van der Waals surface area contributed by atoms with Crippen LogP contribution in [0, 0.1) is 11.7 Å². The maximum absolute atomic E-state index is 13.7. The number of benzene rings is 2. The molecule has 1 unspecified atom stereocenters. The summed E-state index contributed by atoms with van der Waals surface area (Å²) < 4.78 is 26.3. The van der Waals surface area contributed by atoms with Gasteiger partial charge >= 0.3 is 5.97 Å². The van der Waals surface area contributed by atoms with Crippen LogP contribution in [0.4, 0.5) is 4.39 Å². The SMILES string of the molecule is COc1cccc(OC)c1-c1cc(C(=O)NC(C(=O)NCC(=O)O)C2CCCCC2)nn1-c1ccc(F)cc1. The number of aromatic nitrogens is 2. The normalized spacial score (nSPS) is 14.3. The van der Waals surface area contributed by atoms with E-state index < -0.39 is 36.2 Å². The number of ether oxygens (including phenoxy) is 2. The second-order valence-corrected chi connectivity index (χ2v) is 9.30. The minimum absolute atomic E-state index is 0.00845. The van der Waals surface area contributed by atoms with E-state index in [2.05, 4.69) is 15.7 Å². The van der Waals surface area contributed by atoms with Gasteiger partial charge in [-0.15, -0.1) is 0 Å². The minimum Gasteiger partial charge on any atom is -0.496 e. The lowest BCUT2D eigenvalue weighted by Crippen LogP contribution is -2.52. The van der Waals surface area contributed by atoms with E-state index in [4.69, 9.17) is 14.6 Å². The van der Waals surface area contributed by atoms with Crippen molar-refractivity contribution in [3.05, 3.63) is 60.0 Å². The van der Waals surface area contributed by atoms with Crippen molar-refractivity contribution < 1.29 is 33.4 Å². The summed E-state index contributed by atoms with van der Waals surface area (Å²) in [5.41, 5.74) is 1.47. The second kappa shape index (κ2) is 12.4. The van der Waals surface area contributed by atoms with Crippen molar-refractivity contribution in [1.82, 2.24) is 20.4 Å². The number of methoxy groups -OCH3 is 2. The predicted octanol–water partition coefficient (Wildman–Crippen LogP) is 3.58. The number of hydrogen-bond donors (Lipinski definition) is 3. The molecule has 3 N–H and O–H groups in total. The highest BCUT2D eigenvalue weighted by atomic mass is 19.1. The third-order valence-corrected chi connectivity index (χ3v) is 6.80. The smallest absolute Gasteiger partial charge is 0.322 e. The van der Waals surface area contributed by atoms with Crippen molar-refractivity contribution in [2.45, 2.75) is 38.1 Å². The van der Waals surface area contributed by atoms with E-state index in [1.807, 2.05) is 0 Å². The number of hydrogen-bond acceptors (Lipinski definition) is 6. The van der Waals surface area contributed by atoms with E-state index in [9.17, 15) is 18.8 Å². The Morgan fingerprint density at radius 1 is 1.05 bits per heavy atom. The van der Waals surface area contributed by atoms with E-state index in [0.29, 0.717) is 28.4 Å². The van der Waals surface area contributed by atoms with Gasteiger partial charge in [-0.05, 0) is 61.2 Å². The van der Waals surface area contributed by atoms with Gasteiger partial charge < -0.3 is 25.2 Å². The van der Waals surface area contributed by atoms with Crippen LogP contribution in [-0.4, -0.2) is 59.5 Å². The van der Waals surface area contributed by atoms with Crippen LogP contribution in [0.1, 0.15) is 42.6 Å².